The zero-order chi connectivity index (χ0) is 34.7. The van der Waals surface area contributed by atoms with E-state index in [0.29, 0.717) is 43.7 Å². The number of rotatable bonds is 11. The molecule has 1 heterocycles. The molecule has 2 aromatic carbocycles. The molecule has 3 rings (SSSR count). The Labute approximate surface area is 279 Å². The number of nitrogens with zero attached hydrogens (tertiary/aromatic N) is 3. The van der Waals surface area contributed by atoms with Crippen LogP contribution in [-0.2, 0) is 19.6 Å². The summed E-state index contributed by atoms with van der Waals surface area (Å²) in [6, 6.07) is 9.09. The molecule has 0 unspecified atom stereocenters. The number of anilines is 1. The van der Waals surface area contributed by atoms with Crippen molar-refractivity contribution in [2.45, 2.75) is 76.0 Å². The molecule has 0 saturated heterocycles. The highest BCUT2D eigenvalue weighted by Gasteiger charge is 2.32. The number of carbonyl (C=O) groups excluding carboxylic acids is 2. The highest BCUT2D eigenvalue weighted by molar-refractivity contribution is 7.89. The van der Waals surface area contributed by atoms with Crippen LogP contribution in [0.2, 0.25) is 0 Å². The molecule has 0 fully saturated rings. The molecule has 1 aliphatic heterocycles. The molecule has 0 aliphatic carbocycles. The highest BCUT2D eigenvalue weighted by atomic mass is 32.2. The molecule has 1 aliphatic rings. The maximum absolute atomic E-state index is 14.3. The van der Waals surface area contributed by atoms with Crippen molar-refractivity contribution in [1.82, 2.24) is 14.1 Å². The van der Waals surface area contributed by atoms with E-state index in [9.17, 15) is 27.5 Å². The average molecular weight is 679 g/mol. The number of carbonyl (C=O) groups is 2. The maximum atomic E-state index is 14.3. The van der Waals surface area contributed by atoms with Crippen LogP contribution in [0, 0.1) is 11.7 Å². The molecular weight excluding hydrogens is 627 g/mol. The van der Waals surface area contributed by atoms with Crippen LogP contribution in [0.3, 0.4) is 0 Å². The molecule has 13 heteroatoms. The summed E-state index contributed by atoms with van der Waals surface area (Å²) < 4.78 is 53.9. The molecule has 2 aromatic rings. The monoisotopic (exact) mass is 678 g/mol. The molecular formula is C34H51FN4O7S. The zero-order valence-electron chi connectivity index (χ0n) is 28.4. The molecule has 0 bridgehead atoms. The number of halogens is 1. The standard InChI is InChI=1S/C34H51FN4O7S/c1-24-21-39(25(2)23-40)34(42)30-20-28(36-33(41)11-9-18-37(4)5)14-17-31(30)46-26(3)10-7-8-19-45-32(24)22-38(6)47(43,44)29-15-12-27(35)13-16-29/h12-17,20,24-26,32,40H,7-11,18-19,21-23H2,1-6H3,(H,36,41)/t24-,25+,26+,32+/m0/s1. The third-order valence-corrected chi connectivity index (χ3v) is 10.1. The number of hydrogen-bond acceptors (Lipinski definition) is 8. The van der Waals surface area contributed by atoms with Crippen LogP contribution in [0.25, 0.3) is 0 Å². The van der Waals surface area contributed by atoms with Gasteiger partial charge in [0.15, 0.2) is 0 Å². The van der Waals surface area contributed by atoms with E-state index in [4.69, 9.17) is 9.47 Å². The first-order chi connectivity index (χ1) is 22.2. The van der Waals surface area contributed by atoms with Crippen LogP contribution in [-0.4, -0.2) is 112 Å². The second-order valence-corrected chi connectivity index (χ2v) is 14.8. The topological polar surface area (TPSA) is 129 Å². The number of sulfonamides is 1. The first-order valence-electron chi connectivity index (χ1n) is 16.2. The van der Waals surface area contributed by atoms with Gasteiger partial charge in [0.25, 0.3) is 5.91 Å². The maximum Gasteiger partial charge on any atom is 0.258 e. The SMILES string of the molecule is C[C@@H]1CCCCO[C@H](CN(C)S(=O)(=O)c2ccc(F)cc2)[C@@H](C)CN([C@H](C)CO)C(=O)c2cc(NC(=O)CCCN(C)C)ccc2O1. The Morgan fingerprint density at radius 1 is 1.13 bits per heavy atom. The fourth-order valence-electron chi connectivity index (χ4n) is 5.38. The van der Waals surface area contributed by atoms with Gasteiger partial charge >= 0.3 is 0 Å². The van der Waals surface area contributed by atoms with Gasteiger partial charge in [-0.15, -0.1) is 0 Å². The van der Waals surface area contributed by atoms with Crippen LogP contribution in [0.5, 0.6) is 5.75 Å². The minimum atomic E-state index is -3.94. The van der Waals surface area contributed by atoms with E-state index < -0.39 is 33.9 Å². The van der Waals surface area contributed by atoms with Crippen LogP contribution in [0.4, 0.5) is 10.1 Å². The van der Waals surface area contributed by atoms with Crippen molar-refractivity contribution in [2.75, 3.05) is 59.3 Å². The van der Waals surface area contributed by atoms with Crippen molar-refractivity contribution in [3.8, 4) is 5.75 Å². The normalized spacial score (nSPS) is 20.8. The Bertz CT molecular complexity index is 1420. The lowest BCUT2D eigenvalue weighted by Gasteiger charge is -2.35. The summed E-state index contributed by atoms with van der Waals surface area (Å²) in [6.45, 7) is 6.52. The van der Waals surface area contributed by atoms with Gasteiger partial charge in [0.2, 0.25) is 15.9 Å². The summed E-state index contributed by atoms with van der Waals surface area (Å²) in [6.07, 6.45) is 2.39. The van der Waals surface area contributed by atoms with Gasteiger partial charge in [-0.3, -0.25) is 9.59 Å². The molecule has 11 nitrogen and oxygen atoms in total. The lowest BCUT2D eigenvalue weighted by molar-refractivity contribution is -0.116. The van der Waals surface area contributed by atoms with Crippen molar-refractivity contribution in [1.29, 1.82) is 0 Å². The number of aliphatic hydroxyl groups is 1. The molecule has 0 saturated carbocycles. The van der Waals surface area contributed by atoms with Gasteiger partial charge in [0.1, 0.15) is 11.6 Å². The van der Waals surface area contributed by atoms with Gasteiger partial charge in [-0.2, -0.15) is 4.31 Å². The number of likely N-dealkylation sites (N-methyl/N-ethyl adjacent to an activating group) is 1. The number of nitrogens with one attached hydrogen (secondary N) is 1. The second-order valence-electron chi connectivity index (χ2n) is 12.7. The summed E-state index contributed by atoms with van der Waals surface area (Å²) >= 11 is 0. The van der Waals surface area contributed by atoms with Crippen molar-refractivity contribution in [3.63, 3.8) is 0 Å². The summed E-state index contributed by atoms with van der Waals surface area (Å²) in [5, 5.41) is 13.1. The molecule has 0 aromatic heterocycles. The van der Waals surface area contributed by atoms with E-state index in [1.165, 1.54) is 28.4 Å². The van der Waals surface area contributed by atoms with E-state index in [2.05, 4.69) is 5.32 Å². The number of aliphatic hydroxyl groups excluding tert-OH is 1. The first-order valence-corrected chi connectivity index (χ1v) is 17.7. The van der Waals surface area contributed by atoms with Gasteiger partial charge in [0, 0.05) is 44.8 Å². The minimum absolute atomic E-state index is 0.00346. The molecule has 2 N–H and O–H groups in total. The van der Waals surface area contributed by atoms with E-state index in [-0.39, 0.29) is 48.1 Å². The van der Waals surface area contributed by atoms with Crippen molar-refractivity contribution >= 4 is 27.5 Å². The number of fused-ring (bicyclic) bond motifs is 1. The second kappa shape index (κ2) is 17.9. The van der Waals surface area contributed by atoms with E-state index >= 15 is 0 Å². The highest BCUT2D eigenvalue weighted by Crippen LogP contribution is 2.29. The molecule has 262 valence electrons. The third kappa shape index (κ3) is 11.2. The number of ether oxygens (including phenoxy) is 2. The van der Waals surface area contributed by atoms with Crippen molar-refractivity contribution in [3.05, 3.63) is 53.8 Å². The average Bonchev–Trinajstić information content (AvgIpc) is 3.02. The number of amides is 2. The van der Waals surface area contributed by atoms with Crippen LogP contribution in [0.15, 0.2) is 47.4 Å². The lowest BCUT2D eigenvalue weighted by atomic mass is 10.0. The fourth-order valence-corrected chi connectivity index (χ4v) is 6.56. The van der Waals surface area contributed by atoms with Gasteiger partial charge in [0.05, 0.1) is 35.3 Å². The van der Waals surface area contributed by atoms with Crippen molar-refractivity contribution < 1.29 is 37.0 Å². The quantitative estimate of drug-likeness (QED) is 0.362. The first kappa shape index (κ1) is 38.3. The molecule has 0 radical (unpaired) electrons. The van der Waals surface area contributed by atoms with Gasteiger partial charge < -0.3 is 29.7 Å². The smallest absolute Gasteiger partial charge is 0.258 e. The fraction of sp³-hybridized carbons (Fsp3) is 0.588. The number of benzene rings is 2. The molecule has 47 heavy (non-hydrogen) atoms. The Hall–Kier alpha value is -3.10. The Kier molecular flexibility index (Phi) is 14.6. The molecule has 0 spiro atoms. The third-order valence-electron chi connectivity index (χ3n) is 8.30. The number of hydrogen-bond donors (Lipinski definition) is 2. The van der Waals surface area contributed by atoms with Crippen LogP contribution >= 0.6 is 0 Å². The van der Waals surface area contributed by atoms with E-state index in [1.807, 2.05) is 32.8 Å². The summed E-state index contributed by atoms with van der Waals surface area (Å²) in [7, 11) is 1.40. The van der Waals surface area contributed by atoms with Crippen LogP contribution in [0.1, 0.15) is 63.2 Å². The Morgan fingerprint density at radius 2 is 1.83 bits per heavy atom. The minimum Gasteiger partial charge on any atom is -0.490 e. The zero-order valence-corrected chi connectivity index (χ0v) is 29.3. The van der Waals surface area contributed by atoms with Gasteiger partial charge in [-0.05, 0) is 103 Å². The van der Waals surface area contributed by atoms with Crippen LogP contribution < -0.4 is 10.1 Å². The summed E-state index contributed by atoms with van der Waals surface area (Å²) in [5.41, 5.74) is 0.712. The summed E-state index contributed by atoms with van der Waals surface area (Å²) in [4.78, 5) is 30.5. The molecule has 2 amide bonds. The Morgan fingerprint density at radius 3 is 2.49 bits per heavy atom. The molecule has 4 atom stereocenters. The summed E-state index contributed by atoms with van der Waals surface area (Å²) in [5.74, 6) is -1.07. The van der Waals surface area contributed by atoms with Gasteiger partial charge in [-0.25, -0.2) is 12.8 Å². The van der Waals surface area contributed by atoms with Crippen molar-refractivity contribution in [2.24, 2.45) is 5.92 Å². The predicted molar refractivity (Wildman–Crippen MR) is 180 cm³/mol. The van der Waals surface area contributed by atoms with E-state index in [1.54, 1.807) is 25.1 Å². The predicted octanol–water partition coefficient (Wildman–Crippen LogP) is 4.22. The van der Waals surface area contributed by atoms with E-state index in [0.717, 1.165) is 25.1 Å². The van der Waals surface area contributed by atoms with Gasteiger partial charge in [-0.1, -0.05) is 6.92 Å². The largest absolute Gasteiger partial charge is 0.490 e. The Balaban J connectivity index is 1.92. The lowest BCUT2D eigenvalue weighted by Crippen LogP contribution is -2.48.